The molecule has 1 fully saturated rings. The Labute approximate surface area is 160 Å². The third-order valence-electron chi connectivity index (χ3n) is 4.37. The number of ether oxygens (including phenoxy) is 2. The van der Waals surface area contributed by atoms with Crippen LogP contribution in [-0.4, -0.2) is 48.3 Å². The van der Waals surface area contributed by atoms with E-state index in [1.54, 1.807) is 0 Å². The van der Waals surface area contributed by atoms with E-state index in [0.717, 1.165) is 0 Å². The Balaban J connectivity index is 3.31. The van der Waals surface area contributed by atoms with E-state index in [-0.39, 0.29) is 6.42 Å². The van der Waals surface area contributed by atoms with Gasteiger partial charge in [0.25, 0.3) is 0 Å². The molecule has 164 valence electrons. The van der Waals surface area contributed by atoms with Gasteiger partial charge >= 0.3 is 33.2 Å². The first-order valence-electron chi connectivity index (χ1n) is 8.66. The molecule has 0 heterocycles. The van der Waals surface area contributed by atoms with Crippen molar-refractivity contribution in [3.8, 4) is 0 Å². The number of alkyl halides is 4. The van der Waals surface area contributed by atoms with Crippen LogP contribution in [0, 0.1) is 17.8 Å². The second kappa shape index (κ2) is 8.52. The van der Waals surface area contributed by atoms with Crippen LogP contribution in [0.3, 0.4) is 0 Å². The number of carbonyl (C=O) groups is 2. The van der Waals surface area contributed by atoms with E-state index in [2.05, 4.69) is 0 Å². The predicted octanol–water partition coefficient (Wildman–Crippen LogP) is 3.04. The fraction of sp³-hybridized carbons (Fsp3) is 0.875. The predicted molar refractivity (Wildman–Crippen MR) is 88.2 cm³/mol. The van der Waals surface area contributed by atoms with Crippen LogP contribution in [0.25, 0.3) is 0 Å². The average Bonchev–Trinajstić information content (AvgIpc) is 2.51. The van der Waals surface area contributed by atoms with Gasteiger partial charge in [0, 0.05) is 5.92 Å². The Morgan fingerprint density at radius 1 is 0.964 bits per heavy atom. The molecule has 1 saturated carbocycles. The summed E-state index contributed by atoms with van der Waals surface area (Å²) in [6, 6.07) is 0. The van der Waals surface area contributed by atoms with Gasteiger partial charge in [-0.1, -0.05) is 0 Å². The van der Waals surface area contributed by atoms with E-state index in [1.165, 1.54) is 27.7 Å². The van der Waals surface area contributed by atoms with Crippen LogP contribution in [0.15, 0.2) is 0 Å². The van der Waals surface area contributed by atoms with Crippen molar-refractivity contribution in [3.63, 3.8) is 0 Å². The number of carbonyl (C=O) groups excluding carboxylic acids is 2. The summed E-state index contributed by atoms with van der Waals surface area (Å²) in [5.41, 5.74) is 0. The van der Waals surface area contributed by atoms with E-state index in [4.69, 9.17) is 14.0 Å². The van der Waals surface area contributed by atoms with Crippen LogP contribution in [0.4, 0.5) is 17.6 Å². The summed E-state index contributed by atoms with van der Waals surface area (Å²) < 4.78 is 97.0. The molecule has 1 rings (SSSR count). The van der Waals surface area contributed by atoms with Crippen molar-refractivity contribution in [1.29, 1.82) is 0 Å². The van der Waals surface area contributed by atoms with E-state index >= 15 is 0 Å². The topological polar surface area (TPSA) is 107 Å². The number of rotatable bonds is 7. The zero-order chi connectivity index (χ0) is 22.1. The van der Waals surface area contributed by atoms with Crippen LogP contribution in [0.1, 0.15) is 47.0 Å². The lowest BCUT2D eigenvalue weighted by atomic mass is 9.71. The molecule has 28 heavy (non-hydrogen) atoms. The van der Waals surface area contributed by atoms with E-state index in [1.807, 2.05) is 0 Å². The first kappa shape index (κ1) is 24.6. The lowest BCUT2D eigenvalue weighted by Crippen LogP contribution is -2.56. The van der Waals surface area contributed by atoms with Gasteiger partial charge in [0.15, 0.2) is 0 Å². The van der Waals surface area contributed by atoms with Crippen molar-refractivity contribution in [1.82, 2.24) is 0 Å². The Morgan fingerprint density at radius 2 is 1.43 bits per heavy atom. The van der Waals surface area contributed by atoms with E-state index < -0.39 is 76.0 Å². The summed E-state index contributed by atoms with van der Waals surface area (Å²) in [5.74, 6) is -13.0. The van der Waals surface area contributed by atoms with Crippen LogP contribution >= 0.6 is 0 Å². The van der Waals surface area contributed by atoms with Crippen molar-refractivity contribution in [3.05, 3.63) is 0 Å². The van der Waals surface area contributed by atoms with Crippen LogP contribution in [0.2, 0.25) is 0 Å². The Hall–Kier alpha value is -1.43. The monoisotopic (exact) mass is 436 g/mol. The Morgan fingerprint density at radius 3 is 1.86 bits per heavy atom. The number of halogens is 4. The minimum Gasteiger partial charge on any atom is -0.463 e. The van der Waals surface area contributed by atoms with E-state index in [9.17, 15) is 35.6 Å². The zero-order valence-electron chi connectivity index (χ0n) is 15.8. The summed E-state index contributed by atoms with van der Waals surface area (Å²) in [4.78, 5) is 24.2. The van der Waals surface area contributed by atoms with Gasteiger partial charge in [0.2, 0.25) is 0 Å². The Kier molecular flexibility index (Phi) is 7.49. The summed E-state index contributed by atoms with van der Waals surface area (Å²) in [7, 11) is -6.49. The van der Waals surface area contributed by atoms with E-state index in [0.29, 0.717) is 0 Å². The van der Waals surface area contributed by atoms with Gasteiger partial charge < -0.3 is 9.47 Å². The largest absolute Gasteiger partial charge is 0.463 e. The highest BCUT2D eigenvalue weighted by Crippen LogP contribution is 2.51. The highest BCUT2D eigenvalue weighted by atomic mass is 32.2. The molecule has 3 unspecified atom stereocenters. The summed E-state index contributed by atoms with van der Waals surface area (Å²) in [6.45, 7) is 5.84. The molecule has 0 aliphatic heterocycles. The van der Waals surface area contributed by atoms with Crippen LogP contribution in [0.5, 0.6) is 0 Å². The molecule has 0 aromatic rings. The number of hydrogen-bond acceptors (Lipinski definition) is 6. The standard InChI is InChI=1S/C16H24F4O7S/c1-8(2)26-13(21)10-5-6-11(14(22)27-9(3)4)12(7-10)15(17,18)16(19,20)28(23,24)25/h8-12H,5-7H2,1-4H3,(H,23,24,25). The minimum atomic E-state index is -6.49. The van der Waals surface area contributed by atoms with Crippen molar-refractivity contribution in [2.45, 2.75) is 70.3 Å². The van der Waals surface area contributed by atoms with Gasteiger partial charge in [-0.2, -0.15) is 26.0 Å². The van der Waals surface area contributed by atoms with Crippen molar-refractivity contribution < 1.29 is 49.6 Å². The van der Waals surface area contributed by atoms with Gasteiger partial charge in [-0.3, -0.25) is 14.1 Å². The second-order valence-corrected chi connectivity index (χ2v) is 8.77. The molecular formula is C16H24F4O7S. The lowest BCUT2D eigenvalue weighted by molar-refractivity contribution is -0.219. The molecule has 0 amide bonds. The summed E-state index contributed by atoms with van der Waals surface area (Å²) >= 11 is 0. The van der Waals surface area contributed by atoms with Crippen molar-refractivity contribution >= 4 is 22.1 Å². The molecule has 1 N–H and O–H groups in total. The number of esters is 2. The molecule has 0 saturated heterocycles. The fourth-order valence-corrected chi connectivity index (χ4v) is 3.60. The highest BCUT2D eigenvalue weighted by molar-refractivity contribution is 7.87. The molecule has 0 spiro atoms. The molecule has 1 aliphatic rings. The first-order chi connectivity index (χ1) is 12.5. The fourth-order valence-electron chi connectivity index (χ4n) is 3.10. The average molecular weight is 436 g/mol. The second-order valence-electron chi connectivity index (χ2n) is 7.31. The maximum atomic E-state index is 14.6. The summed E-state index contributed by atoms with van der Waals surface area (Å²) in [6.07, 6.45) is -2.76. The highest BCUT2D eigenvalue weighted by Gasteiger charge is 2.71. The Bertz CT molecular complexity index is 691. The van der Waals surface area contributed by atoms with Crippen LogP contribution < -0.4 is 0 Å². The number of hydrogen-bond donors (Lipinski definition) is 1. The normalized spacial score (nSPS) is 24.3. The van der Waals surface area contributed by atoms with Gasteiger partial charge in [-0.05, 0) is 47.0 Å². The van der Waals surface area contributed by atoms with Crippen molar-refractivity contribution in [2.75, 3.05) is 0 Å². The third-order valence-corrected chi connectivity index (χ3v) is 5.29. The molecule has 0 radical (unpaired) electrons. The molecule has 12 heteroatoms. The molecule has 3 atom stereocenters. The van der Waals surface area contributed by atoms with Crippen molar-refractivity contribution in [2.24, 2.45) is 17.8 Å². The maximum absolute atomic E-state index is 14.6. The molecule has 7 nitrogen and oxygen atoms in total. The molecule has 0 aromatic carbocycles. The molecule has 0 aromatic heterocycles. The van der Waals surface area contributed by atoms with Gasteiger partial charge in [-0.25, -0.2) is 0 Å². The van der Waals surface area contributed by atoms with Gasteiger partial charge in [0.1, 0.15) is 0 Å². The van der Waals surface area contributed by atoms with Gasteiger partial charge in [-0.15, -0.1) is 0 Å². The van der Waals surface area contributed by atoms with Crippen LogP contribution in [-0.2, 0) is 29.2 Å². The third kappa shape index (κ3) is 5.13. The minimum absolute atomic E-state index is 0.104. The maximum Gasteiger partial charge on any atom is 0.431 e. The zero-order valence-corrected chi connectivity index (χ0v) is 16.6. The lowest BCUT2D eigenvalue weighted by Gasteiger charge is -2.40. The van der Waals surface area contributed by atoms with Gasteiger partial charge in [0.05, 0.1) is 24.0 Å². The molecule has 1 aliphatic carbocycles. The molecule has 0 bridgehead atoms. The first-order valence-corrected chi connectivity index (χ1v) is 10.1. The SMILES string of the molecule is CC(C)OC(=O)C1CCC(C(=O)OC(C)C)C(C(F)(F)C(F)(F)S(=O)(=O)O)C1. The smallest absolute Gasteiger partial charge is 0.431 e. The summed E-state index contributed by atoms with van der Waals surface area (Å²) in [5, 5.41) is -5.86. The molecular weight excluding hydrogens is 412 g/mol. The quantitative estimate of drug-likeness (QED) is 0.371.